The SMILES string of the molecule is CCCCOc1ccc(C2=C(c3ccc(OC)cc3)C(=O)OC2)cc1. The molecule has 3 rings (SSSR count). The number of cyclic esters (lactones) is 1. The predicted molar refractivity (Wildman–Crippen MR) is 97.6 cm³/mol. The van der Waals surface area contributed by atoms with Gasteiger partial charge >= 0.3 is 5.97 Å². The number of benzene rings is 2. The maximum Gasteiger partial charge on any atom is 0.339 e. The van der Waals surface area contributed by atoms with Crippen molar-refractivity contribution in [1.29, 1.82) is 0 Å². The molecule has 4 heteroatoms. The van der Waals surface area contributed by atoms with Gasteiger partial charge < -0.3 is 14.2 Å². The number of carbonyl (C=O) groups excluding carboxylic acids is 1. The van der Waals surface area contributed by atoms with Crippen molar-refractivity contribution in [1.82, 2.24) is 0 Å². The molecule has 2 aromatic carbocycles. The van der Waals surface area contributed by atoms with Crippen LogP contribution in [0.5, 0.6) is 11.5 Å². The van der Waals surface area contributed by atoms with Crippen molar-refractivity contribution in [2.24, 2.45) is 0 Å². The smallest absolute Gasteiger partial charge is 0.339 e. The van der Waals surface area contributed by atoms with Gasteiger partial charge in [0.25, 0.3) is 0 Å². The summed E-state index contributed by atoms with van der Waals surface area (Å²) >= 11 is 0. The van der Waals surface area contributed by atoms with Gasteiger partial charge in [-0.25, -0.2) is 4.79 Å². The Morgan fingerprint density at radius 2 is 1.60 bits per heavy atom. The first kappa shape index (κ1) is 17.1. The monoisotopic (exact) mass is 338 g/mol. The van der Waals surface area contributed by atoms with Gasteiger partial charge in [0.15, 0.2) is 0 Å². The molecule has 0 saturated heterocycles. The van der Waals surface area contributed by atoms with Gasteiger partial charge in [0.05, 0.1) is 19.3 Å². The van der Waals surface area contributed by atoms with Crippen molar-refractivity contribution in [2.45, 2.75) is 19.8 Å². The highest BCUT2D eigenvalue weighted by atomic mass is 16.5. The van der Waals surface area contributed by atoms with Gasteiger partial charge in [0.1, 0.15) is 18.1 Å². The average Bonchev–Trinajstić information content (AvgIpc) is 3.04. The fourth-order valence-corrected chi connectivity index (χ4v) is 2.77. The van der Waals surface area contributed by atoms with Crippen LogP contribution in [0.1, 0.15) is 30.9 Å². The number of methoxy groups -OCH3 is 1. The first-order chi connectivity index (χ1) is 12.2. The van der Waals surface area contributed by atoms with Crippen LogP contribution in [-0.4, -0.2) is 26.3 Å². The summed E-state index contributed by atoms with van der Waals surface area (Å²) in [7, 11) is 1.62. The molecule has 0 unspecified atom stereocenters. The minimum atomic E-state index is -0.288. The Kier molecular flexibility index (Phi) is 5.39. The second-order valence-corrected chi connectivity index (χ2v) is 5.88. The van der Waals surface area contributed by atoms with Gasteiger partial charge in [-0.1, -0.05) is 37.6 Å². The van der Waals surface area contributed by atoms with Crippen LogP contribution in [0, 0.1) is 0 Å². The second-order valence-electron chi connectivity index (χ2n) is 5.88. The van der Waals surface area contributed by atoms with E-state index >= 15 is 0 Å². The van der Waals surface area contributed by atoms with Crippen LogP contribution in [0.4, 0.5) is 0 Å². The maximum absolute atomic E-state index is 12.2. The number of unbranched alkanes of at least 4 members (excludes halogenated alkanes) is 1. The van der Waals surface area contributed by atoms with Crippen molar-refractivity contribution in [3.05, 3.63) is 59.7 Å². The quantitative estimate of drug-likeness (QED) is 0.556. The minimum Gasteiger partial charge on any atom is -0.497 e. The van der Waals surface area contributed by atoms with Gasteiger partial charge in [0.2, 0.25) is 0 Å². The van der Waals surface area contributed by atoms with Crippen molar-refractivity contribution in [2.75, 3.05) is 20.3 Å². The summed E-state index contributed by atoms with van der Waals surface area (Å²) in [6.07, 6.45) is 2.15. The second kappa shape index (κ2) is 7.88. The van der Waals surface area contributed by atoms with E-state index in [1.165, 1.54) is 0 Å². The maximum atomic E-state index is 12.2. The lowest BCUT2D eigenvalue weighted by molar-refractivity contribution is -0.133. The van der Waals surface area contributed by atoms with Crippen LogP contribution in [0.2, 0.25) is 0 Å². The third-order valence-corrected chi connectivity index (χ3v) is 4.20. The first-order valence-corrected chi connectivity index (χ1v) is 8.51. The van der Waals surface area contributed by atoms with Crippen LogP contribution >= 0.6 is 0 Å². The highest BCUT2D eigenvalue weighted by Crippen LogP contribution is 2.34. The van der Waals surface area contributed by atoms with E-state index in [4.69, 9.17) is 14.2 Å². The third kappa shape index (κ3) is 3.85. The fraction of sp³-hybridized carbons (Fsp3) is 0.286. The Hall–Kier alpha value is -2.75. The molecule has 0 N–H and O–H groups in total. The number of esters is 1. The van der Waals surface area contributed by atoms with Crippen LogP contribution < -0.4 is 9.47 Å². The van der Waals surface area contributed by atoms with Gasteiger partial charge in [0, 0.05) is 5.57 Å². The van der Waals surface area contributed by atoms with Crippen LogP contribution in [-0.2, 0) is 9.53 Å². The Bertz CT molecular complexity index is 757. The summed E-state index contributed by atoms with van der Waals surface area (Å²) in [5, 5.41) is 0. The van der Waals surface area contributed by atoms with Gasteiger partial charge in [-0.2, -0.15) is 0 Å². The van der Waals surface area contributed by atoms with Crippen LogP contribution in [0.15, 0.2) is 48.5 Å². The first-order valence-electron chi connectivity index (χ1n) is 8.51. The Labute approximate surface area is 148 Å². The molecule has 1 heterocycles. The van der Waals surface area contributed by atoms with E-state index in [0.717, 1.165) is 47.6 Å². The van der Waals surface area contributed by atoms with Gasteiger partial charge in [-0.05, 0) is 41.8 Å². The molecule has 1 aliphatic rings. The number of rotatable bonds is 7. The molecule has 0 atom stereocenters. The zero-order valence-corrected chi connectivity index (χ0v) is 14.6. The lowest BCUT2D eigenvalue weighted by Crippen LogP contribution is -1.98. The molecule has 130 valence electrons. The molecule has 0 saturated carbocycles. The molecule has 0 amide bonds. The summed E-state index contributed by atoms with van der Waals surface area (Å²) in [6, 6.07) is 15.3. The molecular formula is C21H22O4. The van der Waals surface area contributed by atoms with E-state index in [0.29, 0.717) is 5.57 Å². The standard InChI is InChI=1S/C21H22O4/c1-3-4-13-24-18-11-5-15(6-12-18)19-14-25-21(22)20(19)16-7-9-17(23-2)10-8-16/h5-12H,3-4,13-14H2,1-2H3. The highest BCUT2D eigenvalue weighted by molar-refractivity contribution is 6.27. The third-order valence-electron chi connectivity index (χ3n) is 4.20. The number of carbonyl (C=O) groups is 1. The van der Waals surface area contributed by atoms with Crippen molar-refractivity contribution < 1.29 is 19.0 Å². The Morgan fingerprint density at radius 3 is 2.24 bits per heavy atom. The van der Waals surface area contributed by atoms with Crippen LogP contribution in [0.25, 0.3) is 11.1 Å². The largest absolute Gasteiger partial charge is 0.497 e. The van der Waals surface area contributed by atoms with Gasteiger partial charge in [-0.3, -0.25) is 0 Å². The molecule has 0 aliphatic carbocycles. The average molecular weight is 338 g/mol. The Morgan fingerprint density at radius 1 is 0.960 bits per heavy atom. The molecule has 2 aromatic rings. The van der Waals surface area contributed by atoms with E-state index in [1.807, 2.05) is 48.5 Å². The van der Waals surface area contributed by atoms with Crippen molar-refractivity contribution in [3.8, 4) is 11.5 Å². The lowest BCUT2D eigenvalue weighted by Gasteiger charge is -2.08. The van der Waals surface area contributed by atoms with Crippen molar-refractivity contribution in [3.63, 3.8) is 0 Å². The van der Waals surface area contributed by atoms with E-state index < -0.39 is 0 Å². The zero-order valence-electron chi connectivity index (χ0n) is 14.6. The number of hydrogen-bond acceptors (Lipinski definition) is 4. The van der Waals surface area contributed by atoms with E-state index in [1.54, 1.807) is 7.11 Å². The molecule has 0 spiro atoms. The zero-order chi connectivity index (χ0) is 17.6. The molecule has 0 aromatic heterocycles. The molecule has 0 fully saturated rings. The lowest BCUT2D eigenvalue weighted by atomic mass is 9.96. The molecule has 25 heavy (non-hydrogen) atoms. The van der Waals surface area contributed by atoms with Crippen LogP contribution in [0.3, 0.4) is 0 Å². The molecule has 4 nitrogen and oxygen atoms in total. The number of hydrogen-bond donors (Lipinski definition) is 0. The molecule has 0 radical (unpaired) electrons. The van der Waals surface area contributed by atoms with Crippen molar-refractivity contribution >= 4 is 17.1 Å². The summed E-state index contributed by atoms with van der Waals surface area (Å²) < 4.78 is 16.1. The summed E-state index contributed by atoms with van der Waals surface area (Å²) in [4.78, 5) is 12.2. The normalized spacial score (nSPS) is 13.8. The predicted octanol–water partition coefficient (Wildman–Crippen LogP) is 4.34. The Balaban J connectivity index is 1.87. The van der Waals surface area contributed by atoms with Gasteiger partial charge in [-0.15, -0.1) is 0 Å². The fourth-order valence-electron chi connectivity index (χ4n) is 2.77. The molecule has 1 aliphatic heterocycles. The summed E-state index contributed by atoms with van der Waals surface area (Å²) in [5.41, 5.74) is 3.32. The minimum absolute atomic E-state index is 0.288. The highest BCUT2D eigenvalue weighted by Gasteiger charge is 2.27. The van der Waals surface area contributed by atoms with E-state index in [9.17, 15) is 4.79 Å². The molecular weight excluding hydrogens is 316 g/mol. The topological polar surface area (TPSA) is 44.8 Å². The molecule has 0 bridgehead atoms. The van der Waals surface area contributed by atoms with E-state index in [2.05, 4.69) is 6.92 Å². The summed E-state index contributed by atoms with van der Waals surface area (Å²) in [6.45, 7) is 3.14. The summed E-state index contributed by atoms with van der Waals surface area (Å²) in [5.74, 6) is 1.31. The van der Waals surface area contributed by atoms with E-state index in [-0.39, 0.29) is 12.6 Å². The number of ether oxygens (including phenoxy) is 3.